The lowest BCUT2D eigenvalue weighted by Crippen LogP contribution is -2.07. The molecule has 1 aliphatic heterocycles. The molecule has 11 heteroatoms. The Balaban J connectivity index is 1.05. The smallest absolute Gasteiger partial charge is 0.203 e. The average molecular weight is 657 g/mol. The molecule has 1 unspecified atom stereocenters. The third kappa shape index (κ3) is 6.85. The predicted molar refractivity (Wildman–Crippen MR) is 181 cm³/mol. The molecule has 1 aromatic heterocycles. The molecule has 0 aliphatic carbocycles. The first kappa shape index (κ1) is 31.8. The SMILES string of the molecule is COc1cc(-c2nc3ccccc3s2)ccc1OCCCOc1cc(C2CC(c3cc(OC)c(OC)c(OC)c3)=NO2)ccc1OC. The van der Waals surface area contributed by atoms with E-state index in [9.17, 15) is 0 Å². The molecule has 5 aromatic rings. The molecule has 1 atom stereocenters. The standard InChI is InChI=1S/C36H36N2O8S/c1-39-27-13-11-22(29-21-26(38-46-29)24-19-32(41-3)35(43-5)33(20-24)42-4)17-31(27)45-16-8-15-44-28-14-12-23(18-30(28)40-2)36-37-25-9-6-7-10-34(25)47-36/h6-7,9-14,17-20,29H,8,15-16,21H2,1-5H3. The highest BCUT2D eigenvalue weighted by atomic mass is 32.1. The number of nitrogens with zero attached hydrogens (tertiary/aromatic N) is 2. The van der Waals surface area contributed by atoms with Crippen molar-refractivity contribution in [1.29, 1.82) is 0 Å². The number of hydrogen-bond acceptors (Lipinski definition) is 11. The first-order chi connectivity index (χ1) is 23.0. The minimum absolute atomic E-state index is 0.293. The second-order valence-corrected chi connectivity index (χ2v) is 11.6. The van der Waals surface area contributed by atoms with Crippen LogP contribution in [0.15, 0.2) is 78.0 Å². The van der Waals surface area contributed by atoms with Crippen LogP contribution in [0.2, 0.25) is 0 Å². The zero-order chi connectivity index (χ0) is 32.8. The van der Waals surface area contributed by atoms with Crippen molar-refractivity contribution >= 4 is 27.3 Å². The molecule has 244 valence electrons. The monoisotopic (exact) mass is 656 g/mol. The summed E-state index contributed by atoms with van der Waals surface area (Å²) in [5.41, 5.74) is 4.49. The quantitative estimate of drug-likeness (QED) is 0.111. The minimum Gasteiger partial charge on any atom is -0.493 e. The van der Waals surface area contributed by atoms with Gasteiger partial charge in [0.1, 0.15) is 5.01 Å². The maximum atomic E-state index is 6.14. The molecule has 1 aliphatic rings. The zero-order valence-corrected chi connectivity index (χ0v) is 27.7. The number of ether oxygens (including phenoxy) is 7. The van der Waals surface area contributed by atoms with E-state index in [1.807, 2.05) is 66.7 Å². The van der Waals surface area contributed by atoms with Gasteiger partial charge in [-0.05, 0) is 60.2 Å². The lowest BCUT2D eigenvalue weighted by Gasteiger charge is -2.15. The van der Waals surface area contributed by atoms with Gasteiger partial charge in [0, 0.05) is 24.0 Å². The van der Waals surface area contributed by atoms with Gasteiger partial charge in [-0.2, -0.15) is 0 Å². The van der Waals surface area contributed by atoms with Crippen LogP contribution >= 0.6 is 11.3 Å². The molecule has 2 heterocycles. The van der Waals surface area contributed by atoms with Gasteiger partial charge in [0.15, 0.2) is 40.6 Å². The first-order valence-electron chi connectivity index (χ1n) is 15.1. The number of methoxy groups -OCH3 is 5. The average Bonchev–Trinajstić information content (AvgIpc) is 3.79. The molecule has 10 nitrogen and oxygen atoms in total. The van der Waals surface area contributed by atoms with Crippen LogP contribution in [0.5, 0.6) is 40.2 Å². The number of aromatic nitrogens is 1. The maximum Gasteiger partial charge on any atom is 0.203 e. The van der Waals surface area contributed by atoms with E-state index >= 15 is 0 Å². The molecule has 0 fully saturated rings. The fourth-order valence-electron chi connectivity index (χ4n) is 5.32. The topological polar surface area (TPSA) is 99.1 Å². The number of oxime groups is 1. The second-order valence-electron chi connectivity index (χ2n) is 10.6. The van der Waals surface area contributed by atoms with Gasteiger partial charge in [-0.25, -0.2) is 4.98 Å². The molecule has 0 amide bonds. The Hall–Kier alpha value is -5.16. The molecule has 47 heavy (non-hydrogen) atoms. The van der Waals surface area contributed by atoms with E-state index in [2.05, 4.69) is 11.2 Å². The van der Waals surface area contributed by atoms with Gasteiger partial charge in [-0.15, -0.1) is 11.3 Å². The van der Waals surface area contributed by atoms with Crippen molar-refractivity contribution in [2.24, 2.45) is 5.16 Å². The molecule has 0 saturated heterocycles. The van der Waals surface area contributed by atoms with Gasteiger partial charge in [0.25, 0.3) is 0 Å². The molecule has 4 aromatic carbocycles. The van der Waals surface area contributed by atoms with E-state index in [1.165, 1.54) is 0 Å². The van der Waals surface area contributed by atoms with Crippen LogP contribution in [0.3, 0.4) is 0 Å². The lowest BCUT2D eigenvalue weighted by atomic mass is 9.99. The summed E-state index contributed by atoms with van der Waals surface area (Å²) in [6.07, 6.45) is 0.904. The Kier molecular flexibility index (Phi) is 9.82. The Morgan fingerprint density at radius 1 is 0.681 bits per heavy atom. The molecule has 0 N–H and O–H groups in total. The van der Waals surface area contributed by atoms with E-state index < -0.39 is 0 Å². The summed E-state index contributed by atoms with van der Waals surface area (Å²) in [6, 6.07) is 23.5. The van der Waals surface area contributed by atoms with E-state index in [-0.39, 0.29) is 6.10 Å². The van der Waals surface area contributed by atoms with Crippen molar-refractivity contribution in [1.82, 2.24) is 4.98 Å². The third-order valence-corrected chi connectivity index (χ3v) is 8.82. The molecular formula is C36H36N2O8S. The summed E-state index contributed by atoms with van der Waals surface area (Å²) in [5, 5.41) is 5.30. The second kappa shape index (κ2) is 14.5. The van der Waals surface area contributed by atoms with Crippen molar-refractivity contribution < 1.29 is 38.0 Å². The molecule has 0 saturated carbocycles. The number of thiazole rings is 1. The van der Waals surface area contributed by atoms with E-state index in [1.54, 1.807) is 46.9 Å². The molecule has 6 rings (SSSR count). The van der Waals surface area contributed by atoms with Crippen LogP contribution in [-0.2, 0) is 4.84 Å². The summed E-state index contributed by atoms with van der Waals surface area (Å²) in [5.74, 6) is 4.20. The van der Waals surface area contributed by atoms with Crippen molar-refractivity contribution in [3.63, 3.8) is 0 Å². The fraction of sp³-hybridized carbons (Fsp3) is 0.278. The zero-order valence-electron chi connectivity index (χ0n) is 26.9. The number of para-hydroxylation sites is 1. The Labute approximate surface area is 277 Å². The number of hydrogen-bond donors (Lipinski definition) is 0. The van der Waals surface area contributed by atoms with Gasteiger partial charge in [-0.3, -0.25) is 0 Å². The number of fused-ring (bicyclic) bond motifs is 1. The number of rotatable bonds is 14. The van der Waals surface area contributed by atoms with Crippen molar-refractivity contribution in [2.75, 3.05) is 48.8 Å². The fourth-order valence-corrected chi connectivity index (χ4v) is 6.28. The van der Waals surface area contributed by atoms with Crippen LogP contribution in [-0.4, -0.2) is 59.5 Å². The molecule has 0 radical (unpaired) electrons. The number of benzene rings is 4. The van der Waals surface area contributed by atoms with Crippen LogP contribution in [0.25, 0.3) is 20.8 Å². The van der Waals surface area contributed by atoms with Crippen molar-refractivity contribution in [3.05, 3.63) is 83.9 Å². The van der Waals surface area contributed by atoms with Gasteiger partial charge in [-0.1, -0.05) is 23.4 Å². The predicted octanol–water partition coefficient (Wildman–Crippen LogP) is 7.72. The van der Waals surface area contributed by atoms with Gasteiger partial charge >= 0.3 is 0 Å². The lowest BCUT2D eigenvalue weighted by molar-refractivity contribution is 0.0854. The minimum atomic E-state index is -0.293. The highest BCUT2D eigenvalue weighted by Crippen LogP contribution is 2.41. The summed E-state index contributed by atoms with van der Waals surface area (Å²) >= 11 is 1.65. The Morgan fingerprint density at radius 3 is 2.06 bits per heavy atom. The van der Waals surface area contributed by atoms with E-state index in [4.69, 9.17) is 43.0 Å². The molecule has 0 bridgehead atoms. The normalized spacial score (nSPS) is 13.9. The summed E-state index contributed by atoms with van der Waals surface area (Å²) in [6.45, 7) is 0.862. The van der Waals surface area contributed by atoms with Gasteiger partial charge in [0.05, 0.1) is 64.7 Å². The highest BCUT2D eigenvalue weighted by molar-refractivity contribution is 7.21. The Morgan fingerprint density at radius 2 is 1.36 bits per heavy atom. The van der Waals surface area contributed by atoms with Crippen molar-refractivity contribution in [2.45, 2.75) is 18.9 Å². The van der Waals surface area contributed by atoms with Crippen LogP contribution in [0.1, 0.15) is 30.1 Å². The molecular weight excluding hydrogens is 620 g/mol. The summed E-state index contributed by atoms with van der Waals surface area (Å²) < 4.78 is 41.0. The third-order valence-electron chi connectivity index (χ3n) is 7.73. The van der Waals surface area contributed by atoms with Crippen LogP contribution < -0.4 is 33.2 Å². The summed E-state index contributed by atoms with van der Waals surface area (Å²) in [7, 11) is 8.00. The molecule has 0 spiro atoms. The summed E-state index contributed by atoms with van der Waals surface area (Å²) in [4.78, 5) is 10.6. The first-order valence-corrected chi connectivity index (χ1v) is 15.9. The largest absolute Gasteiger partial charge is 0.493 e. The van der Waals surface area contributed by atoms with Crippen molar-refractivity contribution in [3.8, 4) is 50.8 Å². The van der Waals surface area contributed by atoms with Gasteiger partial charge in [0.2, 0.25) is 5.75 Å². The Bertz CT molecular complexity index is 1830. The van der Waals surface area contributed by atoms with E-state index in [0.29, 0.717) is 66.3 Å². The van der Waals surface area contributed by atoms with E-state index in [0.717, 1.165) is 37.6 Å². The van der Waals surface area contributed by atoms with Gasteiger partial charge < -0.3 is 38.0 Å². The highest BCUT2D eigenvalue weighted by Gasteiger charge is 2.27. The maximum absolute atomic E-state index is 6.14. The van der Waals surface area contributed by atoms with Crippen LogP contribution in [0, 0.1) is 0 Å². The van der Waals surface area contributed by atoms with Crippen LogP contribution in [0.4, 0.5) is 0 Å².